The summed E-state index contributed by atoms with van der Waals surface area (Å²) in [5.41, 5.74) is 5.08. The molecule has 174 valence electrons. The molecule has 36 heavy (non-hydrogen) atoms. The zero-order chi connectivity index (χ0) is 24.4. The van der Waals surface area contributed by atoms with Crippen molar-refractivity contribution in [2.24, 2.45) is 0 Å². The van der Waals surface area contributed by atoms with Crippen molar-refractivity contribution in [1.29, 1.82) is 0 Å². The Morgan fingerprint density at radius 2 is 1.31 bits per heavy atom. The van der Waals surface area contributed by atoms with E-state index in [1.165, 1.54) is 59.5 Å². The molecule has 0 spiro atoms. The predicted molar refractivity (Wildman–Crippen MR) is 156 cm³/mol. The summed E-state index contributed by atoms with van der Waals surface area (Å²) in [4.78, 5) is 0. The molecule has 0 bridgehead atoms. The molecule has 0 N–H and O–H groups in total. The molecule has 0 saturated carbocycles. The van der Waals surface area contributed by atoms with Crippen molar-refractivity contribution in [1.82, 2.24) is 0 Å². The summed E-state index contributed by atoms with van der Waals surface area (Å²) in [6, 6.07) is 36.3. The van der Waals surface area contributed by atoms with Crippen molar-refractivity contribution in [2.45, 2.75) is 32.2 Å². The summed E-state index contributed by atoms with van der Waals surface area (Å²) in [5.74, 6) is 0. The maximum Gasteiger partial charge on any atom is 0.221 e. The van der Waals surface area contributed by atoms with Gasteiger partial charge in [0.1, 0.15) is 0 Å². The minimum Gasteiger partial charge on any atom is -0.188 e. The molecule has 0 amide bonds. The van der Waals surface area contributed by atoms with E-state index in [1.54, 1.807) is 0 Å². The zero-order valence-corrected chi connectivity index (χ0v) is 21.7. The highest BCUT2D eigenvalue weighted by molar-refractivity contribution is 7.67. The standard InChI is InChI=1S/C34H29NP/c1-4-34(5-2)23(3)26-19-18-25(22-30(26)33-27-13-7-6-12-24(27)20-21-35(33)34)36-31-16-10-8-14-28(31)29-15-9-11-17-32(29)36/h6-22H,3-5H2,1-2H3/q+1. The fourth-order valence-electron chi connectivity index (χ4n) is 6.59. The Kier molecular flexibility index (Phi) is 4.75. The van der Waals surface area contributed by atoms with Crippen molar-refractivity contribution >= 4 is 44.9 Å². The van der Waals surface area contributed by atoms with Crippen LogP contribution in [0, 0.1) is 0 Å². The lowest BCUT2D eigenvalue weighted by atomic mass is 9.75. The number of nitrogens with zero attached hydrogens (tertiary/aromatic N) is 1. The molecule has 3 heterocycles. The molecule has 0 atom stereocenters. The van der Waals surface area contributed by atoms with Crippen molar-refractivity contribution in [3.63, 3.8) is 0 Å². The highest BCUT2D eigenvalue weighted by Gasteiger charge is 2.47. The maximum atomic E-state index is 4.71. The Labute approximate surface area is 213 Å². The molecule has 2 aromatic heterocycles. The normalized spacial score (nSPS) is 14.3. The first-order valence-corrected chi connectivity index (χ1v) is 14.3. The lowest BCUT2D eigenvalue weighted by molar-refractivity contribution is -0.740. The van der Waals surface area contributed by atoms with Gasteiger partial charge in [-0.05, 0) is 45.2 Å². The first kappa shape index (κ1) is 21.6. The topological polar surface area (TPSA) is 3.88 Å². The van der Waals surface area contributed by atoms with Crippen LogP contribution in [0.2, 0.25) is 0 Å². The van der Waals surface area contributed by atoms with Crippen LogP contribution in [0.4, 0.5) is 0 Å². The van der Waals surface area contributed by atoms with E-state index in [9.17, 15) is 0 Å². The van der Waals surface area contributed by atoms with E-state index in [2.05, 4.69) is 122 Å². The molecule has 6 aromatic rings. The summed E-state index contributed by atoms with van der Waals surface area (Å²) < 4.78 is 2.54. The van der Waals surface area contributed by atoms with Crippen LogP contribution in [0.5, 0.6) is 0 Å². The summed E-state index contributed by atoms with van der Waals surface area (Å²) in [6.07, 6.45) is 4.34. The second-order valence-corrected chi connectivity index (χ2v) is 12.1. The lowest BCUT2D eigenvalue weighted by Gasteiger charge is -2.35. The quantitative estimate of drug-likeness (QED) is 0.221. The molecule has 0 radical (unpaired) electrons. The molecule has 2 heteroatoms. The van der Waals surface area contributed by atoms with Crippen LogP contribution >= 0.6 is 7.53 Å². The molecule has 1 aliphatic rings. The maximum absolute atomic E-state index is 4.71. The Morgan fingerprint density at radius 3 is 1.97 bits per heavy atom. The van der Waals surface area contributed by atoms with Gasteiger partial charge < -0.3 is 0 Å². The monoisotopic (exact) mass is 482 g/mol. The summed E-state index contributed by atoms with van der Waals surface area (Å²) in [7, 11) is -0.604. The number of rotatable bonds is 3. The third-order valence-electron chi connectivity index (χ3n) is 8.47. The van der Waals surface area contributed by atoms with Gasteiger partial charge in [-0.3, -0.25) is 0 Å². The number of hydrogen-bond donors (Lipinski definition) is 0. The number of benzene rings is 4. The predicted octanol–water partition coefficient (Wildman–Crippen LogP) is 9.62. The molecule has 7 rings (SSSR count). The van der Waals surface area contributed by atoms with Crippen LogP contribution in [-0.4, -0.2) is 0 Å². The third kappa shape index (κ3) is 2.75. The summed E-state index contributed by atoms with van der Waals surface area (Å²) in [6.45, 7) is 9.32. The van der Waals surface area contributed by atoms with E-state index >= 15 is 0 Å². The molecule has 0 saturated heterocycles. The molecular formula is C34H29NP+. The second-order valence-electron chi connectivity index (χ2n) is 9.94. The van der Waals surface area contributed by atoms with Gasteiger partial charge in [0.2, 0.25) is 5.69 Å². The van der Waals surface area contributed by atoms with E-state index in [1.807, 2.05) is 0 Å². The van der Waals surface area contributed by atoms with Crippen LogP contribution in [0.15, 0.2) is 110 Å². The third-order valence-corrected chi connectivity index (χ3v) is 11.0. The SMILES string of the molecule is C=C1c2ccc(-p3c4ccccc4c4ccccc43)cc2-c2c3ccccc3cc[n+]2C1(CC)CC. The molecule has 0 fully saturated rings. The van der Waals surface area contributed by atoms with Gasteiger partial charge in [0.05, 0.1) is 10.9 Å². The number of pyridine rings is 1. The van der Waals surface area contributed by atoms with Crippen molar-refractivity contribution in [3.8, 4) is 16.6 Å². The van der Waals surface area contributed by atoms with Crippen molar-refractivity contribution in [3.05, 3.63) is 115 Å². The highest BCUT2D eigenvalue weighted by Crippen LogP contribution is 2.56. The van der Waals surface area contributed by atoms with Crippen LogP contribution in [-0.2, 0) is 5.54 Å². The minimum absolute atomic E-state index is 0.105. The lowest BCUT2D eigenvalue weighted by Crippen LogP contribution is -2.59. The Morgan fingerprint density at radius 1 is 0.694 bits per heavy atom. The van der Waals surface area contributed by atoms with Gasteiger partial charge >= 0.3 is 0 Å². The Bertz CT molecular complexity index is 1780. The highest BCUT2D eigenvalue weighted by atomic mass is 31.1. The van der Waals surface area contributed by atoms with Gasteiger partial charge in [0.25, 0.3) is 0 Å². The molecular weight excluding hydrogens is 453 g/mol. The molecule has 4 aromatic carbocycles. The van der Waals surface area contributed by atoms with Gasteiger partial charge in [-0.15, -0.1) is 0 Å². The van der Waals surface area contributed by atoms with E-state index in [0.717, 1.165) is 12.8 Å². The average molecular weight is 483 g/mol. The number of allylic oxidation sites excluding steroid dienone is 1. The Balaban J connectivity index is 1.59. The van der Waals surface area contributed by atoms with Crippen molar-refractivity contribution in [2.75, 3.05) is 0 Å². The second kappa shape index (κ2) is 7.92. The summed E-state index contributed by atoms with van der Waals surface area (Å²) in [5, 5.41) is 9.72. The minimum atomic E-state index is -0.604. The number of fused-ring (bicyclic) bond motifs is 8. The fourth-order valence-corrected chi connectivity index (χ4v) is 9.23. The van der Waals surface area contributed by atoms with Gasteiger partial charge in [-0.25, -0.2) is 0 Å². The molecule has 1 nitrogen and oxygen atoms in total. The summed E-state index contributed by atoms with van der Waals surface area (Å²) >= 11 is 0. The largest absolute Gasteiger partial charge is 0.221 e. The van der Waals surface area contributed by atoms with Gasteiger partial charge in [-0.2, -0.15) is 4.57 Å². The van der Waals surface area contributed by atoms with Gasteiger partial charge in [-0.1, -0.05) is 101 Å². The molecule has 0 aliphatic carbocycles. The molecule has 0 unspecified atom stereocenters. The van der Waals surface area contributed by atoms with E-state index in [0.29, 0.717) is 0 Å². The van der Waals surface area contributed by atoms with Crippen LogP contribution in [0.25, 0.3) is 53.9 Å². The number of aromatic nitrogens is 1. The number of hydrogen-bond acceptors (Lipinski definition) is 0. The molecule has 1 aliphatic heterocycles. The van der Waals surface area contributed by atoms with Gasteiger partial charge in [0.15, 0.2) is 11.7 Å². The van der Waals surface area contributed by atoms with E-state index in [4.69, 9.17) is 6.58 Å². The van der Waals surface area contributed by atoms with Gasteiger partial charge in [0, 0.05) is 34.7 Å². The van der Waals surface area contributed by atoms with Crippen LogP contribution in [0.1, 0.15) is 32.3 Å². The Hall–Kier alpha value is -3.67. The zero-order valence-electron chi connectivity index (χ0n) is 20.8. The average Bonchev–Trinajstić information content (AvgIpc) is 3.27. The first-order chi connectivity index (χ1) is 17.7. The van der Waals surface area contributed by atoms with Crippen molar-refractivity contribution < 1.29 is 4.57 Å². The van der Waals surface area contributed by atoms with E-state index < -0.39 is 7.53 Å². The fraction of sp³-hybridized carbons (Fsp3) is 0.147. The van der Waals surface area contributed by atoms with Crippen LogP contribution in [0.3, 0.4) is 0 Å². The first-order valence-electron chi connectivity index (χ1n) is 12.9. The van der Waals surface area contributed by atoms with Crippen LogP contribution < -0.4 is 4.57 Å². The van der Waals surface area contributed by atoms with E-state index in [-0.39, 0.29) is 5.54 Å². The smallest absolute Gasteiger partial charge is 0.188 e.